The van der Waals surface area contributed by atoms with Gasteiger partial charge in [0.1, 0.15) is 0 Å². The molecule has 0 spiro atoms. The van der Waals surface area contributed by atoms with Crippen LogP contribution in [0, 0.1) is 0 Å². The van der Waals surface area contributed by atoms with E-state index in [1.54, 1.807) is 0 Å². The van der Waals surface area contributed by atoms with Crippen LogP contribution in [-0.4, -0.2) is 16.5 Å². The Balaban J connectivity index is 2.28. The molecule has 0 saturated heterocycles. The number of nitrogens with one attached hydrogen (secondary N) is 1. The van der Waals surface area contributed by atoms with E-state index in [9.17, 15) is 4.79 Å². The van der Waals surface area contributed by atoms with E-state index in [0.29, 0.717) is 13.0 Å². The van der Waals surface area contributed by atoms with Crippen LogP contribution in [0.1, 0.15) is 31.9 Å². The average molecular weight is 223 g/mol. The number of nitrogens with zero attached hydrogens (tertiary/aromatic N) is 1. The summed E-state index contributed by atoms with van der Waals surface area (Å²) in [7, 11) is 1.96. The van der Waals surface area contributed by atoms with Gasteiger partial charge in [-0.25, -0.2) is 0 Å². The number of carbonyl (C=O) groups is 1. The minimum Gasteiger partial charge on any atom is -0.353 e. The number of rotatable bonds is 6. The number of hydrogen-bond acceptors (Lipinski definition) is 2. The first-order chi connectivity index (χ1) is 7.63. The van der Waals surface area contributed by atoms with Gasteiger partial charge in [0.05, 0.1) is 6.54 Å². The predicted octanol–water partition coefficient (Wildman–Crippen LogP) is 1.16. The molecule has 1 heterocycles. The Morgan fingerprint density at radius 3 is 2.94 bits per heavy atom. The normalized spacial score (nSPS) is 12.4. The van der Waals surface area contributed by atoms with Gasteiger partial charge in [0, 0.05) is 31.4 Å². The molecule has 1 atom stereocenters. The zero-order valence-electron chi connectivity index (χ0n) is 10.1. The lowest BCUT2D eigenvalue weighted by atomic mass is 10.1. The third-order valence-corrected chi connectivity index (χ3v) is 2.63. The topological polar surface area (TPSA) is 60.1 Å². The first kappa shape index (κ1) is 12.8. The minimum absolute atomic E-state index is 0.0154. The molecule has 0 radical (unpaired) electrons. The highest BCUT2D eigenvalue weighted by Gasteiger charge is 2.08. The smallest absolute Gasteiger partial charge is 0.221 e. The van der Waals surface area contributed by atoms with Gasteiger partial charge in [0.2, 0.25) is 5.91 Å². The zero-order chi connectivity index (χ0) is 12.0. The first-order valence-electron chi connectivity index (χ1n) is 5.76. The fraction of sp³-hybridized carbons (Fsp3) is 0.583. The minimum atomic E-state index is -0.0154. The van der Waals surface area contributed by atoms with E-state index in [0.717, 1.165) is 18.5 Å². The molecule has 0 aliphatic carbocycles. The van der Waals surface area contributed by atoms with Crippen LogP contribution in [-0.2, 0) is 18.4 Å². The molecular formula is C12H21N3O. The van der Waals surface area contributed by atoms with Crippen LogP contribution in [0.15, 0.2) is 18.3 Å². The van der Waals surface area contributed by atoms with Crippen molar-refractivity contribution < 1.29 is 4.79 Å². The number of aryl methyl sites for hydroxylation is 1. The first-order valence-corrected chi connectivity index (χ1v) is 5.76. The SMILES string of the molecule is CCCC(N)CC(=O)NCc1cccn1C. The molecule has 4 nitrogen and oxygen atoms in total. The van der Waals surface area contributed by atoms with E-state index in [2.05, 4.69) is 12.2 Å². The van der Waals surface area contributed by atoms with Crippen molar-refractivity contribution in [2.75, 3.05) is 0 Å². The maximum atomic E-state index is 11.5. The third kappa shape index (κ3) is 4.06. The highest BCUT2D eigenvalue weighted by molar-refractivity contribution is 5.76. The van der Waals surface area contributed by atoms with Crippen molar-refractivity contribution in [3.05, 3.63) is 24.0 Å². The van der Waals surface area contributed by atoms with Gasteiger partial charge in [-0.05, 0) is 18.6 Å². The zero-order valence-corrected chi connectivity index (χ0v) is 10.1. The van der Waals surface area contributed by atoms with Gasteiger partial charge in [-0.1, -0.05) is 13.3 Å². The van der Waals surface area contributed by atoms with Crippen molar-refractivity contribution in [1.29, 1.82) is 0 Å². The van der Waals surface area contributed by atoms with Crippen molar-refractivity contribution in [3.63, 3.8) is 0 Å². The molecule has 1 aromatic rings. The molecule has 16 heavy (non-hydrogen) atoms. The maximum absolute atomic E-state index is 11.5. The molecule has 0 aliphatic rings. The largest absolute Gasteiger partial charge is 0.353 e. The molecule has 0 aliphatic heterocycles. The van der Waals surface area contributed by atoms with Crippen LogP contribution >= 0.6 is 0 Å². The molecule has 1 unspecified atom stereocenters. The van der Waals surface area contributed by atoms with Gasteiger partial charge in [0.25, 0.3) is 0 Å². The van der Waals surface area contributed by atoms with Gasteiger partial charge < -0.3 is 15.6 Å². The van der Waals surface area contributed by atoms with Crippen LogP contribution in [0.25, 0.3) is 0 Å². The molecule has 1 amide bonds. The average Bonchev–Trinajstić information content (AvgIpc) is 2.61. The van der Waals surface area contributed by atoms with Gasteiger partial charge in [-0.15, -0.1) is 0 Å². The second kappa shape index (κ2) is 6.33. The van der Waals surface area contributed by atoms with E-state index >= 15 is 0 Å². The molecular weight excluding hydrogens is 202 g/mol. The number of aromatic nitrogens is 1. The number of nitrogens with two attached hydrogens (primary N) is 1. The maximum Gasteiger partial charge on any atom is 0.221 e. The van der Waals surface area contributed by atoms with Gasteiger partial charge >= 0.3 is 0 Å². The quantitative estimate of drug-likeness (QED) is 0.760. The van der Waals surface area contributed by atoms with Gasteiger partial charge in [0.15, 0.2) is 0 Å². The second-order valence-electron chi connectivity index (χ2n) is 4.14. The summed E-state index contributed by atoms with van der Waals surface area (Å²) >= 11 is 0. The molecule has 3 N–H and O–H groups in total. The van der Waals surface area contributed by atoms with Crippen molar-refractivity contribution in [1.82, 2.24) is 9.88 Å². The Kier molecular flexibility index (Phi) is 5.05. The van der Waals surface area contributed by atoms with Crippen LogP contribution in [0.3, 0.4) is 0 Å². The summed E-state index contributed by atoms with van der Waals surface area (Å²) in [5.74, 6) is 0.0298. The van der Waals surface area contributed by atoms with Crippen LogP contribution < -0.4 is 11.1 Å². The summed E-state index contributed by atoms with van der Waals surface area (Å²) in [6.07, 6.45) is 4.30. The Morgan fingerprint density at radius 2 is 2.38 bits per heavy atom. The van der Waals surface area contributed by atoms with Crippen molar-refractivity contribution in [2.45, 2.75) is 38.8 Å². The molecule has 90 valence electrons. The van der Waals surface area contributed by atoms with E-state index in [4.69, 9.17) is 5.73 Å². The summed E-state index contributed by atoms with van der Waals surface area (Å²) in [6.45, 7) is 2.64. The summed E-state index contributed by atoms with van der Waals surface area (Å²) in [4.78, 5) is 11.5. The van der Waals surface area contributed by atoms with E-state index in [1.165, 1.54) is 0 Å². The highest BCUT2D eigenvalue weighted by atomic mass is 16.1. The van der Waals surface area contributed by atoms with E-state index < -0.39 is 0 Å². The summed E-state index contributed by atoms with van der Waals surface area (Å²) in [5.41, 5.74) is 6.89. The lowest BCUT2D eigenvalue weighted by Gasteiger charge is -2.10. The van der Waals surface area contributed by atoms with E-state index in [1.807, 2.05) is 29.9 Å². The third-order valence-electron chi connectivity index (χ3n) is 2.63. The summed E-state index contributed by atoms with van der Waals surface area (Å²) < 4.78 is 1.99. The van der Waals surface area contributed by atoms with Crippen LogP contribution in [0.5, 0.6) is 0 Å². The van der Waals surface area contributed by atoms with Crippen molar-refractivity contribution >= 4 is 5.91 Å². The lowest BCUT2D eigenvalue weighted by Crippen LogP contribution is -2.31. The fourth-order valence-corrected chi connectivity index (χ4v) is 1.65. The number of hydrogen-bond donors (Lipinski definition) is 2. The molecule has 0 saturated carbocycles. The Labute approximate surface area is 96.8 Å². The highest BCUT2D eigenvalue weighted by Crippen LogP contribution is 2.01. The monoisotopic (exact) mass is 223 g/mol. The predicted molar refractivity (Wildman–Crippen MR) is 64.8 cm³/mol. The molecule has 4 heteroatoms. The Morgan fingerprint density at radius 1 is 1.62 bits per heavy atom. The Bertz CT molecular complexity index is 333. The Hall–Kier alpha value is -1.29. The molecule has 0 bridgehead atoms. The summed E-state index contributed by atoms with van der Waals surface area (Å²) in [5, 5.41) is 2.88. The van der Waals surface area contributed by atoms with Gasteiger partial charge in [-0.3, -0.25) is 4.79 Å². The molecule has 0 aromatic carbocycles. The van der Waals surface area contributed by atoms with Crippen LogP contribution in [0.2, 0.25) is 0 Å². The number of amides is 1. The van der Waals surface area contributed by atoms with Crippen LogP contribution in [0.4, 0.5) is 0 Å². The fourth-order valence-electron chi connectivity index (χ4n) is 1.65. The standard InChI is InChI=1S/C12H21N3O/c1-3-5-10(13)8-12(16)14-9-11-6-4-7-15(11)2/h4,6-7,10H,3,5,8-9,13H2,1-2H3,(H,14,16). The van der Waals surface area contributed by atoms with E-state index in [-0.39, 0.29) is 11.9 Å². The number of carbonyl (C=O) groups excluding carboxylic acids is 1. The van der Waals surface area contributed by atoms with Crippen molar-refractivity contribution in [2.24, 2.45) is 12.8 Å². The second-order valence-corrected chi connectivity index (χ2v) is 4.14. The molecule has 0 fully saturated rings. The lowest BCUT2D eigenvalue weighted by molar-refractivity contribution is -0.121. The molecule has 1 rings (SSSR count). The van der Waals surface area contributed by atoms with Crippen molar-refractivity contribution in [3.8, 4) is 0 Å². The van der Waals surface area contributed by atoms with Gasteiger partial charge in [-0.2, -0.15) is 0 Å². The molecule has 1 aromatic heterocycles. The summed E-state index contributed by atoms with van der Waals surface area (Å²) in [6, 6.07) is 3.94.